The predicted molar refractivity (Wildman–Crippen MR) is 46.3 cm³/mol. The lowest BCUT2D eigenvalue weighted by Gasteiger charge is -2.01. The standard InChI is InChI=1S/C6H7N7O2/c1-2(3-10-12-13-11-3)7-6-8-4(14)5(15)9-6/h2H,1H3,(H,10,11,12,13)(H2,7,8,9,14,15). The number of hydrogen-bond donors (Lipinski definition) is 3. The largest absolute Gasteiger partial charge is 0.316 e. The summed E-state index contributed by atoms with van der Waals surface area (Å²) in [7, 11) is 0. The Labute approximate surface area is 83.3 Å². The van der Waals surface area contributed by atoms with E-state index in [-0.39, 0.29) is 5.96 Å². The van der Waals surface area contributed by atoms with Crippen LogP contribution in [-0.2, 0) is 9.59 Å². The molecule has 1 fully saturated rings. The van der Waals surface area contributed by atoms with Crippen molar-refractivity contribution in [2.45, 2.75) is 13.0 Å². The number of nitrogens with zero attached hydrogens (tertiary/aromatic N) is 4. The van der Waals surface area contributed by atoms with E-state index in [4.69, 9.17) is 0 Å². The summed E-state index contributed by atoms with van der Waals surface area (Å²) in [5.41, 5.74) is 0. The van der Waals surface area contributed by atoms with Crippen molar-refractivity contribution in [3.8, 4) is 0 Å². The van der Waals surface area contributed by atoms with Gasteiger partial charge in [-0.15, -0.1) is 10.2 Å². The molecular formula is C6H7N7O2. The Morgan fingerprint density at radius 1 is 1.27 bits per heavy atom. The third-order valence-electron chi connectivity index (χ3n) is 1.73. The number of carbonyl (C=O) groups is 2. The highest BCUT2D eigenvalue weighted by Crippen LogP contribution is 2.09. The van der Waals surface area contributed by atoms with Gasteiger partial charge in [-0.1, -0.05) is 5.21 Å². The van der Waals surface area contributed by atoms with Gasteiger partial charge in [-0.3, -0.25) is 20.2 Å². The minimum atomic E-state index is -0.728. The average Bonchev–Trinajstić information content (AvgIpc) is 2.77. The molecule has 9 heteroatoms. The number of tetrazole rings is 1. The molecule has 1 aliphatic heterocycles. The maximum atomic E-state index is 10.8. The van der Waals surface area contributed by atoms with E-state index in [9.17, 15) is 9.59 Å². The zero-order valence-electron chi connectivity index (χ0n) is 7.68. The molecule has 3 N–H and O–H groups in total. The lowest BCUT2D eigenvalue weighted by molar-refractivity contribution is -0.135. The van der Waals surface area contributed by atoms with Gasteiger partial charge in [-0.05, 0) is 6.92 Å². The van der Waals surface area contributed by atoms with Crippen LogP contribution in [0.5, 0.6) is 0 Å². The number of amides is 2. The molecule has 1 atom stereocenters. The van der Waals surface area contributed by atoms with Gasteiger partial charge in [0.1, 0.15) is 6.04 Å². The Balaban J connectivity index is 2.11. The number of hydrogen-bond acceptors (Lipinski definition) is 6. The summed E-state index contributed by atoms with van der Waals surface area (Å²) >= 11 is 0. The van der Waals surface area contributed by atoms with Crippen molar-refractivity contribution in [3.05, 3.63) is 5.82 Å². The zero-order valence-corrected chi connectivity index (χ0v) is 7.68. The van der Waals surface area contributed by atoms with Gasteiger partial charge in [-0.2, -0.15) is 5.21 Å². The minimum Gasteiger partial charge on any atom is -0.288 e. The van der Waals surface area contributed by atoms with Crippen LogP contribution in [0, 0.1) is 0 Å². The molecule has 15 heavy (non-hydrogen) atoms. The van der Waals surface area contributed by atoms with Crippen molar-refractivity contribution in [1.29, 1.82) is 0 Å². The van der Waals surface area contributed by atoms with E-state index < -0.39 is 17.9 Å². The molecule has 0 radical (unpaired) electrons. The molecular weight excluding hydrogens is 202 g/mol. The molecule has 78 valence electrons. The van der Waals surface area contributed by atoms with Crippen LogP contribution in [0.15, 0.2) is 4.99 Å². The van der Waals surface area contributed by atoms with E-state index >= 15 is 0 Å². The van der Waals surface area contributed by atoms with Crippen LogP contribution < -0.4 is 10.6 Å². The number of aromatic nitrogens is 4. The fraction of sp³-hybridized carbons (Fsp3) is 0.333. The highest BCUT2D eigenvalue weighted by atomic mass is 16.2. The first-order chi connectivity index (χ1) is 7.16. The molecule has 0 bridgehead atoms. The zero-order chi connectivity index (χ0) is 10.8. The van der Waals surface area contributed by atoms with E-state index in [2.05, 4.69) is 36.3 Å². The quantitative estimate of drug-likeness (QED) is 0.479. The summed E-state index contributed by atoms with van der Waals surface area (Å²) in [4.78, 5) is 25.6. The van der Waals surface area contributed by atoms with Gasteiger partial charge in [0.25, 0.3) is 0 Å². The van der Waals surface area contributed by atoms with Crippen LogP contribution in [0.25, 0.3) is 0 Å². The number of aromatic amines is 1. The first-order valence-electron chi connectivity index (χ1n) is 4.10. The van der Waals surface area contributed by atoms with Crippen molar-refractivity contribution in [1.82, 2.24) is 31.3 Å². The van der Waals surface area contributed by atoms with E-state index in [1.807, 2.05) is 0 Å². The second kappa shape index (κ2) is 3.44. The van der Waals surface area contributed by atoms with Gasteiger partial charge >= 0.3 is 11.8 Å². The van der Waals surface area contributed by atoms with Gasteiger partial charge < -0.3 is 0 Å². The first kappa shape index (κ1) is 9.24. The molecule has 1 aliphatic rings. The number of rotatable bonds is 2. The highest BCUT2D eigenvalue weighted by Gasteiger charge is 2.26. The van der Waals surface area contributed by atoms with Crippen LogP contribution in [-0.4, -0.2) is 38.4 Å². The Bertz CT molecular complexity index is 405. The van der Waals surface area contributed by atoms with E-state index in [1.165, 1.54) is 0 Å². The molecule has 9 nitrogen and oxygen atoms in total. The van der Waals surface area contributed by atoms with Crippen LogP contribution in [0.4, 0.5) is 0 Å². The minimum absolute atomic E-state index is 0.0994. The van der Waals surface area contributed by atoms with Crippen LogP contribution in [0.2, 0.25) is 0 Å². The molecule has 2 heterocycles. The third kappa shape index (κ3) is 1.80. The summed E-state index contributed by atoms with van der Waals surface area (Å²) in [5, 5.41) is 17.6. The van der Waals surface area contributed by atoms with Gasteiger partial charge in [0.2, 0.25) is 5.96 Å². The average molecular weight is 209 g/mol. The molecule has 1 aromatic heterocycles. The number of carbonyl (C=O) groups excluding carboxylic acids is 2. The predicted octanol–water partition coefficient (Wildman–Crippen LogP) is -2.14. The van der Waals surface area contributed by atoms with Crippen LogP contribution >= 0.6 is 0 Å². The maximum absolute atomic E-state index is 10.8. The number of guanidine groups is 1. The summed E-state index contributed by atoms with van der Waals surface area (Å²) in [6.45, 7) is 1.70. The summed E-state index contributed by atoms with van der Waals surface area (Å²) in [6.07, 6.45) is 0. The van der Waals surface area contributed by atoms with E-state index in [0.717, 1.165) is 0 Å². The van der Waals surface area contributed by atoms with Gasteiger partial charge in [0.05, 0.1) is 0 Å². The monoisotopic (exact) mass is 209 g/mol. The second-order valence-electron chi connectivity index (χ2n) is 2.83. The Hall–Kier alpha value is -2.32. The molecule has 0 aliphatic carbocycles. The summed E-state index contributed by atoms with van der Waals surface area (Å²) in [6, 6.07) is -0.405. The SMILES string of the molecule is CC(N=C1NC(=O)C(=O)N1)c1nn[nH]n1. The first-order valence-corrected chi connectivity index (χ1v) is 4.10. The Morgan fingerprint density at radius 2 is 1.93 bits per heavy atom. The fourth-order valence-electron chi connectivity index (χ4n) is 1.02. The third-order valence-corrected chi connectivity index (χ3v) is 1.73. The van der Waals surface area contributed by atoms with Crippen molar-refractivity contribution in [2.24, 2.45) is 4.99 Å². The normalized spacial score (nSPS) is 17.3. The Morgan fingerprint density at radius 3 is 2.47 bits per heavy atom. The van der Waals surface area contributed by atoms with Crippen molar-refractivity contribution >= 4 is 17.8 Å². The molecule has 1 saturated heterocycles. The van der Waals surface area contributed by atoms with E-state index in [1.54, 1.807) is 6.92 Å². The highest BCUT2D eigenvalue weighted by molar-refractivity contribution is 6.45. The van der Waals surface area contributed by atoms with Crippen LogP contribution in [0.3, 0.4) is 0 Å². The van der Waals surface area contributed by atoms with Crippen molar-refractivity contribution in [3.63, 3.8) is 0 Å². The van der Waals surface area contributed by atoms with Crippen molar-refractivity contribution < 1.29 is 9.59 Å². The molecule has 0 saturated carbocycles. The number of aliphatic imine (C=N–C) groups is 1. The lowest BCUT2D eigenvalue weighted by Crippen LogP contribution is -2.26. The van der Waals surface area contributed by atoms with E-state index in [0.29, 0.717) is 5.82 Å². The van der Waals surface area contributed by atoms with Gasteiger partial charge in [-0.25, -0.2) is 4.99 Å². The fourth-order valence-corrected chi connectivity index (χ4v) is 1.02. The van der Waals surface area contributed by atoms with Gasteiger partial charge in [0, 0.05) is 0 Å². The summed E-state index contributed by atoms with van der Waals surface area (Å²) in [5.74, 6) is -0.983. The topological polar surface area (TPSA) is 125 Å². The second-order valence-corrected chi connectivity index (χ2v) is 2.83. The number of nitrogens with one attached hydrogen (secondary N) is 3. The van der Waals surface area contributed by atoms with Gasteiger partial charge in [0.15, 0.2) is 5.82 Å². The molecule has 2 rings (SSSR count). The maximum Gasteiger partial charge on any atom is 0.316 e. The molecule has 1 aromatic rings. The molecule has 0 spiro atoms. The molecule has 1 unspecified atom stereocenters. The smallest absolute Gasteiger partial charge is 0.288 e. The summed E-state index contributed by atoms with van der Waals surface area (Å²) < 4.78 is 0. The van der Waals surface area contributed by atoms with Crippen molar-refractivity contribution in [2.75, 3.05) is 0 Å². The Kier molecular flexibility index (Phi) is 2.12. The number of H-pyrrole nitrogens is 1. The molecule has 0 aromatic carbocycles. The molecule has 2 amide bonds. The van der Waals surface area contributed by atoms with Crippen LogP contribution in [0.1, 0.15) is 18.8 Å². The lowest BCUT2D eigenvalue weighted by atomic mass is 10.3.